The van der Waals surface area contributed by atoms with Crippen LogP contribution < -0.4 is 4.74 Å². The summed E-state index contributed by atoms with van der Waals surface area (Å²) in [5.41, 5.74) is 2.63. The van der Waals surface area contributed by atoms with Crippen LogP contribution in [0.5, 0.6) is 5.75 Å². The Balaban J connectivity index is 1.75. The summed E-state index contributed by atoms with van der Waals surface area (Å²) in [6, 6.07) is 18.8. The molecule has 0 heterocycles. The molecule has 0 N–H and O–H groups in total. The minimum Gasteiger partial charge on any atom is -0.489 e. The van der Waals surface area contributed by atoms with E-state index in [2.05, 4.69) is 43.0 Å². The Morgan fingerprint density at radius 1 is 0.818 bits per heavy atom. The molecule has 0 aromatic heterocycles. The summed E-state index contributed by atoms with van der Waals surface area (Å²) < 4.78 is 5.77. The van der Waals surface area contributed by atoms with Crippen molar-refractivity contribution in [3.8, 4) is 5.75 Å². The third kappa shape index (κ3) is 5.53. The highest BCUT2D eigenvalue weighted by Gasteiger charge is 2.00. The summed E-state index contributed by atoms with van der Waals surface area (Å²) in [4.78, 5) is 2.47. The number of hydrogen-bond donors (Lipinski definition) is 0. The predicted octanol–water partition coefficient (Wildman–Crippen LogP) is 4.54. The Bertz CT molecular complexity index is 517. The number of rotatable bonds is 9. The highest BCUT2D eigenvalue weighted by Crippen LogP contribution is 2.13. The second-order valence-corrected chi connectivity index (χ2v) is 5.55. The van der Waals surface area contributed by atoms with Crippen molar-refractivity contribution in [3.05, 3.63) is 65.7 Å². The lowest BCUT2D eigenvalue weighted by Gasteiger charge is -2.17. The molecule has 0 fully saturated rings. The van der Waals surface area contributed by atoms with Crippen molar-refractivity contribution < 1.29 is 4.74 Å². The van der Waals surface area contributed by atoms with Crippen LogP contribution in [0.15, 0.2) is 54.6 Å². The molecule has 0 bridgehead atoms. The summed E-state index contributed by atoms with van der Waals surface area (Å²) in [5, 5.41) is 0. The van der Waals surface area contributed by atoms with Crippen LogP contribution in [0.1, 0.15) is 31.4 Å². The van der Waals surface area contributed by atoms with Crippen LogP contribution in [0, 0.1) is 0 Å². The van der Waals surface area contributed by atoms with Gasteiger partial charge in [-0.1, -0.05) is 56.3 Å². The van der Waals surface area contributed by atoms with Crippen LogP contribution in [0.4, 0.5) is 0 Å². The van der Waals surface area contributed by atoms with Gasteiger partial charge in [0.2, 0.25) is 0 Å². The number of para-hydroxylation sites is 1. The molecule has 22 heavy (non-hydrogen) atoms. The first-order valence-electron chi connectivity index (χ1n) is 8.29. The fourth-order valence-corrected chi connectivity index (χ4v) is 2.53. The first-order chi connectivity index (χ1) is 10.8. The van der Waals surface area contributed by atoms with Gasteiger partial charge >= 0.3 is 0 Å². The highest BCUT2D eigenvalue weighted by atomic mass is 16.5. The maximum Gasteiger partial charge on any atom is 0.119 e. The number of benzene rings is 2. The lowest BCUT2D eigenvalue weighted by atomic mass is 10.1. The molecule has 0 aliphatic carbocycles. The maximum absolute atomic E-state index is 5.77. The van der Waals surface area contributed by atoms with Crippen LogP contribution in [-0.2, 0) is 13.0 Å². The van der Waals surface area contributed by atoms with Gasteiger partial charge in [0.1, 0.15) is 12.4 Å². The molecule has 2 rings (SSSR count). The predicted molar refractivity (Wildman–Crippen MR) is 93.3 cm³/mol. The molecule has 0 atom stereocenters. The quantitative estimate of drug-likeness (QED) is 0.674. The molecule has 0 saturated carbocycles. The summed E-state index contributed by atoms with van der Waals surface area (Å²) >= 11 is 0. The van der Waals surface area contributed by atoms with Crippen molar-refractivity contribution in [1.29, 1.82) is 0 Å². The number of ether oxygens (including phenoxy) is 1. The Morgan fingerprint density at radius 3 is 2.09 bits per heavy atom. The third-order valence-corrected chi connectivity index (χ3v) is 4.01. The van der Waals surface area contributed by atoms with E-state index in [1.165, 1.54) is 24.1 Å². The van der Waals surface area contributed by atoms with Gasteiger partial charge in [-0.15, -0.1) is 0 Å². The zero-order valence-corrected chi connectivity index (χ0v) is 13.8. The number of nitrogens with zero attached hydrogens (tertiary/aromatic N) is 1. The highest BCUT2D eigenvalue weighted by molar-refractivity contribution is 5.24. The SMILES string of the molecule is CCN(CC)CCCc1ccc(COc2ccccc2)cc1. The van der Waals surface area contributed by atoms with E-state index in [-0.39, 0.29) is 0 Å². The monoisotopic (exact) mass is 297 g/mol. The standard InChI is InChI=1S/C20H27NO/c1-3-21(4-2)16-8-9-18-12-14-19(15-13-18)17-22-20-10-6-5-7-11-20/h5-7,10-15H,3-4,8-9,16-17H2,1-2H3. The first-order valence-corrected chi connectivity index (χ1v) is 8.29. The van der Waals surface area contributed by atoms with Gasteiger partial charge < -0.3 is 9.64 Å². The molecule has 118 valence electrons. The van der Waals surface area contributed by atoms with Gasteiger partial charge in [0.15, 0.2) is 0 Å². The van der Waals surface area contributed by atoms with Crippen LogP contribution in [0.3, 0.4) is 0 Å². The Hall–Kier alpha value is -1.80. The van der Waals surface area contributed by atoms with Crippen LogP contribution in [-0.4, -0.2) is 24.5 Å². The molecule has 2 aromatic carbocycles. The maximum atomic E-state index is 5.77. The van der Waals surface area contributed by atoms with E-state index in [0.717, 1.165) is 25.3 Å². The van der Waals surface area contributed by atoms with Crippen molar-refractivity contribution in [2.24, 2.45) is 0 Å². The van der Waals surface area contributed by atoms with E-state index < -0.39 is 0 Å². The normalized spacial score (nSPS) is 10.9. The smallest absolute Gasteiger partial charge is 0.119 e. The van der Waals surface area contributed by atoms with Crippen LogP contribution in [0.2, 0.25) is 0 Å². The van der Waals surface area contributed by atoms with E-state index >= 15 is 0 Å². The average molecular weight is 297 g/mol. The van der Waals surface area contributed by atoms with Gasteiger partial charge in [-0.2, -0.15) is 0 Å². The van der Waals surface area contributed by atoms with Gasteiger partial charge in [0, 0.05) is 0 Å². The summed E-state index contributed by atoms with van der Waals surface area (Å²) in [7, 11) is 0. The van der Waals surface area contributed by atoms with Crippen LogP contribution >= 0.6 is 0 Å². The van der Waals surface area contributed by atoms with Crippen molar-refractivity contribution in [2.75, 3.05) is 19.6 Å². The van der Waals surface area contributed by atoms with Gasteiger partial charge in [0.05, 0.1) is 0 Å². The zero-order chi connectivity index (χ0) is 15.6. The van der Waals surface area contributed by atoms with E-state index in [1.807, 2.05) is 30.3 Å². The molecule has 0 radical (unpaired) electrons. The summed E-state index contributed by atoms with van der Waals surface area (Å²) in [6.45, 7) is 8.56. The van der Waals surface area contributed by atoms with E-state index in [9.17, 15) is 0 Å². The molecule has 0 saturated heterocycles. The van der Waals surface area contributed by atoms with Crippen molar-refractivity contribution in [1.82, 2.24) is 4.90 Å². The van der Waals surface area contributed by atoms with Crippen molar-refractivity contribution in [2.45, 2.75) is 33.3 Å². The molecule has 2 nitrogen and oxygen atoms in total. The second kappa shape index (κ2) is 9.26. The Labute approximate surface area is 134 Å². The van der Waals surface area contributed by atoms with E-state index in [4.69, 9.17) is 4.74 Å². The van der Waals surface area contributed by atoms with Gasteiger partial charge in [-0.05, 0) is 55.7 Å². The third-order valence-electron chi connectivity index (χ3n) is 4.01. The lowest BCUT2D eigenvalue weighted by molar-refractivity contribution is 0.300. The molecule has 0 amide bonds. The Kier molecular flexibility index (Phi) is 6.98. The van der Waals surface area contributed by atoms with E-state index in [0.29, 0.717) is 6.61 Å². The minimum absolute atomic E-state index is 0.629. The minimum atomic E-state index is 0.629. The number of hydrogen-bond acceptors (Lipinski definition) is 2. The zero-order valence-electron chi connectivity index (χ0n) is 13.8. The molecule has 0 aliphatic rings. The summed E-state index contributed by atoms with van der Waals surface area (Å²) in [5.74, 6) is 0.922. The number of aryl methyl sites for hydroxylation is 1. The van der Waals surface area contributed by atoms with Crippen LogP contribution in [0.25, 0.3) is 0 Å². The second-order valence-electron chi connectivity index (χ2n) is 5.55. The van der Waals surface area contributed by atoms with Gasteiger partial charge in [-0.3, -0.25) is 0 Å². The molecule has 2 heteroatoms. The Morgan fingerprint density at radius 2 is 1.45 bits per heavy atom. The van der Waals surface area contributed by atoms with Crippen molar-refractivity contribution >= 4 is 0 Å². The molecule has 2 aromatic rings. The molecular formula is C20H27NO. The molecule has 0 unspecified atom stereocenters. The largest absolute Gasteiger partial charge is 0.489 e. The lowest BCUT2D eigenvalue weighted by Crippen LogP contribution is -2.24. The fraction of sp³-hybridized carbons (Fsp3) is 0.400. The van der Waals surface area contributed by atoms with Gasteiger partial charge in [0.25, 0.3) is 0 Å². The molecule has 0 aliphatic heterocycles. The van der Waals surface area contributed by atoms with Gasteiger partial charge in [-0.25, -0.2) is 0 Å². The fourth-order valence-electron chi connectivity index (χ4n) is 2.53. The molecular weight excluding hydrogens is 270 g/mol. The first kappa shape index (κ1) is 16.6. The summed E-state index contributed by atoms with van der Waals surface area (Å²) in [6.07, 6.45) is 2.37. The average Bonchev–Trinajstić information content (AvgIpc) is 2.59. The van der Waals surface area contributed by atoms with Crippen molar-refractivity contribution in [3.63, 3.8) is 0 Å². The topological polar surface area (TPSA) is 12.5 Å². The van der Waals surface area contributed by atoms with E-state index in [1.54, 1.807) is 0 Å². The molecule has 0 spiro atoms.